The normalized spacial score (nSPS) is 13.3. The van der Waals surface area contributed by atoms with E-state index in [-0.39, 0.29) is 13.2 Å². The summed E-state index contributed by atoms with van der Waals surface area (Å²) in [6.45, 7) is -0.140. The number of hydrogen-bond donors (Lipinski definition) is 1. The Morgan fingerprint density at radius 1 is 1.23 bits per heavy atom. The van der Waals surface area contributed by atoms with Gasteiger partial charge in [0.15, 0.2) is 0 Å². The van der Waals surface area contributed by atoms with Crippen LogP contribution in [0.3, 0.4) is 0 Å². The number of amides is 1. The van der Waals surface area contributed by atoms with Crippen molar-refractivity contribution in [3.63, 3.8) is 0 Å². The van der Waals surface area contributed by atoms with Crippen molar-refractivity contribution in [3.8, 4) is 0 Å². The Hall–Kier alpha value is -2.47. The van der Waals surface area contributed by atoms with E-state index in [0.717, 1.165) is 5.56 Å². The summed E-state index contributed by atoms with van der Waals surface area (Å²) >= 11 is 5.07. The van der Waals surface area contributed by atoms with Gasteiger partial charge in [0.1, 0.15) is 18.9 Å². The number of allylic oxidation sites excluding steroid dienone is 4. The molecule has 0 saturated heterocycles. The first kappa shape index (κ1) is 15.9. The average molecular weight is 317 g/mol. The number of thiocarbonyl (C=S) groups is 1. The van der Waals surface area contributed by atoms with E-state index >= 15 is 0 Å². The molecular weight excluding hydrogens is 302 g/mol. The van der Waals surface area contributed by atoms with Gasteiger partial charge in [-0.3, -0.25) is 0 Å². The summed E-state index contributed by atoms with van der Waals surface area (Å²) in [5, 5.41) is 2.33. The Bertz CT molecular complexity index is 622. The molecule has 0 bridgehead atoms. The van der Waals surface area contributed by atoms with Gasteiger partial charge < -0.3 is 14.8 Å². The Kier molecular flexibility index (Phi) is 5.85. The molecule has 0 atom stereocenters. The summed E-state index contributed by atoms with van der Waals surface area (Å²) in [6, 6.07) is 9.25. The summed E-state index contributed by atoms with van der Waals surface area (Å²) in [5.41, 5.74) is 0.865. The molecule has 0 radical (unpaired) electrons. The fourth-order valence-electron chi connectivity index (χ4n) is 1.69. The minimum atomic E-state index is -0.680. The van der Waals surface area contributed by atoms with Crippen LogP contribution in [0.1, 0.15) is 12.0 Å². The maximum absolute atomic E-state index is 11.6. The van der Waals surface area contributed by atoms with Gasteiger partial charge in [-0.05, 0) is 11.6 Å². The van der Waals surface area contributed by atoms with E-state index in [1.165, 1.54) is 0 Å². The number of rotatable bonds is 5. The Labute approximate surface area is 133 Å². The molecule has 22 heavy (non-hydrogen) atoms. The molecule has 0 fully saturated rings. The van der Waals surface area contributed by atoms with Gasteiger partial charge in [0.05, 0.1) is 4.86 Å². The number of carbonyl (C=O) groups excluding carboxylic acids is 2. The molecule has 2 rings (SSSR count). The van der Waals surface area contributed by atoms with Gasteiger partial charge in [-0.1, -0.05) is 54.7 Å². The SMILES string of the molecule is O=C(CNC(=O)OCc1ccccc1)OC1=CC=CCC1=S. The van der Waals surface area contributed by atoms with E-state index < -0.39 is 12.1 Å². The van der Waals surface area contributed by atoms with Crippen LogP contribution in [0.5, 0.6) is 0 Å². The lowest BCUT2D eigenvalue weighted by molar-refractivity contribution is -0.137. The standard InChI is InChI=1S/C16H15NO4S/c18-15(21-13-8-4-5-9-14(13)22)10-17-16(19)20-11-12-6-2-1-3-7-12/h1-8H,9-11H2,(H,17,19). The zero-order chi connectivity index (χ0) is 15.8. The molecule has 0 saturated carbocycles. The number of alkyl carbamates (subject to hydrolysis) is 1. The predicted octanol–water partition coefficient (Wildman–Crippen LogP) is 2.67. The maximum Gasteiger partial charge on any atom is 0.407 e. The second-order valence-electron chi connectivity index (χ2n) is 4.48. The smallest absolute Gasteiger partial charge is 0.407 e. The zero-order valence-corrected chi connectivity index (χ0v) is 12.6. The number of carbonyl (C=O) groups is 2. The fourth-order valence-corrected chi connectivity index (χ4v) is 1.90. The first-order valence-electron chi connectivity index (χ1n) is 6.70. The second-order valence-corrected chi connectivity index (χ2v) is 4.97. The lowest BCUT2D eigenvalue weighted by Crippen LogP contribution is -2.31. The third-order valence-electron chi connectivity index (χ3n) is 2.78. The second kappa shape index (κ2) is 8.09. The lowest BCUT2D eigenvalue weighted by Gasteiger charge is -2.11. The molecular formula is C16H15NO4S. The fraction of sp³-hybridized carbons (Fsp3) is 0.188. The van der Waals surface area contributed by atoms with Crippen LogP contribution in [0, 0.1) is 0 Å². The molecule has 1 amide bonds. The molecule has 1 aliphatic rings. The van der Waals surface area contributed by atoms with Crippen molar-refractivity contribution in [2.75, 3.05) is 6.54 Å². The van der Waals surface area contributed by atoms with Crippen LogP contribution >= 0.6 is 12.2 Å². The van der Waals surface area contributed by atoms with E-state index in [9.17, 15) is 9.59 Å². The van der Waals surface area contributed by atoms with Crippen LogP contribution in [-0.4, -0.2) is 23.5 Å². The molecule has 1 aromatic rings. The zero-order valence-electron chi connectivity index (χ0n) is 11.8. The summed E-state index contributed by atoms with van der Waals surface area (Å²) in [7, 11) is 0. The molecule has 1 aliphatic carbocycles. The summed E-state index contributed by atoms with van der Waals surface area (Å²) in [4.78, 5) is 23.7. The topological polar surface area (TPSA) is 64.6 Å². The number of benzene rings is 1. The Morgan fingerprint density at radius 2 is 2.00 bits per heavy atom. The van der Waals surface area contributed by atoms with Crippen molar-refractivity contribution in [2.45, 2.75) is 13.0 Å². The van der Waals surface area contributed by atoms with Crippen molar-refractivity contribution in [1.82, 2.24) is 5.32 Å². The van der Waals surface area contributed by atoms with Gasteiger partial charge in [0.2, 0.25) is 0 Å². The van der Waals surface area contributed by atoms with Crippen molar-refractivity contribution in [2.24, 2.45) is 0 Å². The van der Waals surface area contributed by atoms with Crippen LogP contribution in [0.25, 0.3) is 0 Å². The molecule has 0 aliphatic heterocycles. The van der Waals surface area contributed by atoms with Gasteiger partial charge in [-0.25, -0.2) is 9.59 Å². The van der Waals surface area contributed by atoms with Crippen LogP contribution < -0.4 is 5.32 Å². The number of ether oxygens (including phenoxy) is 2. The third kappa shape index (κ3) is 5.14. The third-order valence-corrected chi connectivity index (χ3v) is 3.14. The van der Waals surface area contributed by atoms with E-state index in [1.807, 2.05) is 36.4 Å². The Balaban J connectivity index is 1.69. The molecule has 5 nitrogen and oxygen atoms in total. The van der Waals surface area contributed by atoms with Gasteiger partial charge in [0, 0.05) is 6.42 Å². The van der Waals surface area contributed by atoms with Crippen molar-refractivity contribution in [3.05, 3.63) is 59.9 Å². The van der Waals surface area contributed by atoms with Gasteiger partial charge in [-0.2, -0.15) is 0 Å². The van der Waals surface area contributed by atoms with Gasteiger partial charge >= 0.3 is 12.1 Å². The molecule has 0 heterocycles. The molecule has 0 spiro atoms. The Morgan fingerprint density at radius 3 is 2.73 bits per heavy atom. The summed E-state index contributed by atoms with van der Waals surface area (Å²) < 4.78 is 10.1. The number of nitrogens with one attached hydrogen (secondary N) is 1. The molecule has 1 N–H and O–H groups in total. The van der Waals surface area contributed by atoms with Crippen LogP contribution in [0.2, 0.25) is 0 Å². The highest BCUT2D eigenvalue weighted by atomic mass is 32.1. The lowest BCUT2D eigenvalue weighted by atomic mass is 10.1. The quantitative estimate of drug-likeness (QED) is 0.668. The van der Waals surface area contributed by atoms with Crippen LogP contribution in [0.15, 0.2) is 54.3 Å². The monoisotopic (exact) mass is 317 g/mol. The highest BCUT2D eigenvalue weighted by Gasteiger charge is 2.14. The van der Waals surface area contributed by atoms with Crippen molar-refractivity contribution in [1.29, 1.82) is 0 Å². The van der Waals surface area contributed by atoms with Crippen molar-refractivity contribution >= 4 is 29.1 Å². The highest BCUT2D eigenvalue weighted by Crippen LogP contribution is 2.11. The first-order valence-corrected chi connectivity index (χ1v) is 7.11. The molecule has 1 aromatic carbocycles. The molecule has 6 heteroatoms. The molecule has 0 aromatic heterocycles. The number of esters is 1. The van der Waals surface area contributed by atoms with Crippen molar-refractivity contribution < 1.29 is 19.1 Å². The van der Waals surface area contributed by atoms with Gasteiger partial charge in [-0.15, -0.1) is 0 Å². The van der Waals surface area contributed by atoms with E-state index in [4.69, 9.17) is 21.7 Å². The molecule has 0 unspecified atom stereocenters. The predicted molar refractivity (Wildman–Crippen MR) is 85.2 cm³/mol. The first-order chi connectivity index (χ1) is 10.6. The van der Waals surface area contributed by atoms with E-state index in [0.29, 0.717) is 17.0 Å². The largest absolute Gasteiger partial charge is 0.445 e. The maximum atomic E-state index is 11.6. The average Bonchev–Trinajstić information content (AvgIpc) is 2.54. The van der Waals surface area contributed by atoms with Gasteiger partial charge in [0.25, 0.3) is 0 Å². The summed E-state index contributed by atoms with van der Waals surface area (Å²) in [5.74, 6) is -0.248. The van der Waals surface area contributed by atoms with Crippen LogP contribution in [0.4, 0.5) is 4.79 Å². The van der Waals surface area contributed by atoms with Crippen LogP contribution in [-0.2, 0) is 20.9 Å². The minimum Gasteiger partial charge on any atom is -0.445 e. The minimum absolute atomic E-state index is 0.141. The van der Waals surface area contributed by atoms with E-state index in [2.05, 4.69) is 5.32 Å². The summed E-state index contributed by atoms with van der Waals surface area (Å²) in [6.07, 6.45) is 5.15. The highest BCUT2D eigenvalue weighted by molar-refractivity contribution is 7.80. The molecule has 114 valence electrons. The van der Waals surface area contributed by atoms with E-state index in [1.54, 1.807) is 12.2 Å². The number of hydrogen-bond acceptors (Lipinski definition) is 5.